The number of hydrogen-bond acceptors (Lipinski definition) is 5. The highest BCUT2D eigenvalue weighted by atomic mass is 16.6. The van der Waals surface area contributed by atoms with Crippen molar-refractivity contribution in [1.29, 1.82) is 0 Å². The van der Waals surface area contributed by atoms with E-state index >= 15 is 0 Å². The Morgan fingerprint density at radius 3 is 2.05 bits per heavy atom. The molecule has 1 unspecified atom stereocenters. The Bertz CT molecular complexity index is 346. The first-order chi connectivity index (χ1) is 9.59. The number of carbonyl (C=O) groups is 2. The summed E-state index contributed by atoms with van der Waals surface area (Å²) < 4.78 is 9.98. The van der Waals surface area contributed by atoms with Gasteiger partial charge in [-0.05, 0) is 40.5 Å². The number of hydrogen-bond donors (Lipinski definition) is 2. The molecule has 0 aliphatic heterocycles. The molecule has 6 heteroatoms. The molecule has 0 aromatic rings. The lowest BCUT2D eigenvalue weighted by Gasteiger charge is -2.34. The number of amides is 1. The van der Waals surface area contributed by atoms with Gasteiger partial charge in [-0.15, -0.1) is 0 Å². The molecule has 21 heavy (non-hydrogen) atoms. The average molecular weight is 302 g/mol. The van der Waals surface area contributed by atoms with Crippen LogP contribution in [-0.4, -0.2) is 42.9 Å². The zero-order chi connectivity index (χ0) is 16.7. The molecule has 2 N–H and O–H groups in total. The summed E-state index contributed by atoms with van der Waals surface area (Å²) in [6.45, 7) is 11.7. The number of nitrogens with one attached hydrogen (secondary N) is 2. The van der Waals surface area contributed by atoms with Gasteiger partial charge in [0.2, 0.25) is 0 Å². The van der Waals surface area contributed by atoms with Gasteiger partial charge in [0.25, 0.3) is 0 Å². The minimum Gasteiger partial charge on any atom is -0.468 e. The van der Waals surface area contributed by atoms with E-state index in [4.69, 9.17) is 4.74 Å². The van der Waals surface area contributed by atoms with Crippen molar-refractivity contribution in [3.8, 4) is 0 Å². The fraction of sp³-hybridized carbons (Fsp3) is 0.867. The van der Waals surface area contributed by atoms with E-state index in [1.165, 1.54) is 7.11 Å². The van der Waals surface area contributed by atoms with Gasteiger partial charge in [-0.1, -0.05) is 13.8 Å². The molecule has 0 rings (SSSR count). The van der Waals surface area contributed by atoms with Crippen LogP contribution >= 0.6 is 0 Å². The van der Waals surface area contributed by atoms with Gasteiger partial charge < -0.3 is 20.1 Å². The van der Waals surface area contributed by atoms with Crippen molar-refractivity contribution >= 4 is 12.1 Å². The molecule has 6 nitrogen and oxygen atoms in total. The van der Waals surface area contributed by atoms with E-state index in [1.807, 2.05) is 34.6 Å². The maximum Gasteiger partial charge on any atom is 0.408 e. The quantitative estimate of drug-likeness (QED) is 0.705. The van der Waals surface area contributed by atoms with Gasteiger partial charge in [-0.2, -0.15) is 0 Å². The lowest BCUT2D eigenvalue weighted by atomic mass is 9.92. The molecule has 0 aromatic carbocycles. The van der Waals surface area contributed by atoms with Crippen LogP contribution < -0.4 is 10.6 Å². The summed E-state index contributed by atoms with van der Waals surface area (Å²) >= 11 is 0. The summed E-state index contributed by atoms with van der Waals surface area (Å²) in [5.41, 5.74) is -0.991. The van der Waals surface area contributed by atoms with Crippen LogP contribution in [0.3, 0.4) is 0 Å². The van der Waals surface area contributed by atoms with Crippen molar-refractivity contribution < 1.29 is 19.1 Å². The third-order valence-electron chi connectivity index (χ3n) is 3.42. The SMILES string of the molecule is CCC(CC)(CNC(C)C(=O)OC)NC(=O)OC(C)(C)C. The number of esters is 1. The molecule has 0 fully saturated rings. The van der Waals surface area contributed by atoms with Crippen molar-refractivity contribution in [2.24, 2.45) is 0 Å². The maximum atomic E-state index is 12.0. The largest absolute Gasteiger partial charge is 0.468 e. The third-order valence-corrected chi connectivity index (χ3v) is 3.42. The smallest absolute Gasteiger partial charge is 0.408 e. The summed E-state index contributed by atoms with van der Waals surface area (Å²) in [6, 6.07) is -0.423. The Morgan fingerprint density at radius 1 is 1.14 bits per heavy atom. The second-order valence-electron chi connectivity index (χ2n) is 6.24. The Kier molecular flexibility index (Phi) is 7.71. The fourth-order valence-electron chi connectivity index (χ4n) is 1.85. The molecule has 0 heterocycles. The van der Waals surface area contributed by atoms with E-state index < -0.39 is 23.3 Å². The van der Waals surface area contributed by atoms with Crippen molar-refractivity contribution in [3.63, 3.8) is 0 Å². The number of carbonyl (C=O) groups excluding carboxylic acids is 2. The standard InChI is InChI=1S/C15H30N2O4/c1-8-15(9-2,10-16-11(3)12(18)20-7)17-13(19)21-14(4,5)6/h11,16H,8-10H2,1-7H3,(H,17,19). The van der Waals surface area contributed by atoms with E-state index in [-0.39, 0.29) is 5.97 Å². The molecule has 0 aliphatic rings. The van der Waals surface area contributed by atoms with E-state index in [9.17, 15) is 9.59 Å². The van der Waals surface area contributed by atoms with Crippen LogP contribution in [0.2, 0.25) is 0 Å². The zero-order valence-corrected chi connectivity index (χ0v) is 14.3. The number of alkyl carbamates (subject to hydrolysis) is 1. The minimum absolute atomic E-state index is 0.326. The third kappa shape index (κ3) is 7.32. The molecule has 0 spiro atoms. The normalized spacial score (nSPS) is 13.5. The average Bonchev–Trinajstić information content (AvgIpc) is 2.40. The van der Waals surface area contributed by atoms with Crippen LogP contribution in [0, 0.1) is 0 Å². The number of rotatable bonds is 7. The van der Waals surface area contributed by atoms with Crippen LogP contribution in [0.1, 0.15) is 54.4 Å². The van der Waals surface area contributed by atoms with Gasteiger partial charge in [-0.3, -0.25) is 4.79 Å². The maximum absolute atomic E-state index is 12.0. The monoisotopic (exact) mass is 302 g/mol. The van der Waals surface area contributed by atoms with E-state index in [2.05, 4.69) is 15.4 Å². The molecule has 0 saturated carbocycles. The molecule has 124 valence electrons. The van der Waals surface area contributed by atoms with Crippen LogP contribution in [0.4, 0.5) is 4.79 Å². The Balaban J connectivity index is 4.69. The second kappa shape index (κ2) is 8.22. The summed E-state index contributed by atoms with van der Waals surface area (Å²) in [6.07, 6.45) is 1.01. The highest BCUT2D eigenvalue weighted by molar-refractivity contribution is 5.75. The van der Waals surface area contributed by atoms with Gasteiger partial charge in [0, 0.05) is 6.54 Å². The Morgan fingerprint density at radius 2 is 1.67 bits per heavy atom. The first-order valence-electron chi connectivity index (χ1n) is 7.41. The molecule has 0 aliphatic carbocycles. The lowest BCUT2D eigenvalue weighted by molar-refractivity contribution is -0.142. The van der Waals surface area contributed by atoms with Crippen LogP contribution in [0.5, 0.6) is 0 Å². The van der Waals surface area contributed by atoms with Crippen molar-refractivity contribution in [2.75, 3.05) is 13.7 Å². The first-order valence-corrected chi connectivity index (χ1v) is 7.41. The molecule has 0 radical (unpaired) electrons. The van der Waals surface area contributed by atoms with Gasteiger partial charge in [-0.25, -0.2) is 4.79 Å². The Labute approximate surface area is 127 Å². The van der Waals surface area contributed by atoms with Crippen molar-refractivity contribution in [2.45, 2.75) is 71.6 Å². The molecule has 0 saturated heterocycles. The van der Waals surface area contributed by atoms with E-state index in [0.29, 0.717) is 6.54 Å². The minimum atomic E-state index is -0.538. The van der Waals surface area contributed by atoms with Crippen LogP contribution in [0.15, 0.2) is 0 Å². The predicted octanol–water partition coefficient (Wildman–Crippen LogP) is 2.22. The Hall–Kier alpha value is -1.30. The van der Waals surface area contributed by atoms with E-state index in [0.717, 1.165) is 12.8 Å². The summed E-state index contributed by atoms with van der Waals surface area (Å²) in [5.74, 6) is -0.326. The summed E-state index contributed by atoms with van der Waals surface area (Å²) in [5, 5.41) is 6.02. The topological polar surface area (TPSA) is 76.7 Å². The zero-order valence-electron chi connectivity index (χ0n) is 14.3. The summed E-state index contributed by atoms with van der Waals surface area (Å²) in [7, 11) is 1.35. The summed E-state index contributed by atoms with van der Waals surface area (Å²) in [4.78, 5) is 23.4. The fourth-order valence-corrected chi connectivity index (χ4v) is 1.85. The molecule has 1 atom stereocenters. The second-order valence-corrected chi connectivity index (χ2v) is 6.24. The lowest BCUT2D eigenvalue weighted by Crippen LogP contribution is -2.57. The number of ether oxygens (including phenoxy) is 2. The highest BCUT2D eigenvalue weighted by Gasteiger charge is 2.31. The van der Waals surface area contributed by atoms with Gasteiger partial charge in [0.05, 0.1) is 12.6 Å². The van der Waals surface area contributed by atoms with Crippen LogP contribution in [-0.2, 0) is 14.3 Å². The van der Waals surface area contributed by atoms with Crippen molar-refractivity contribution in [1.82, 2.24) is 10.6 Å². The number of methoxy groups -OCH3 is 1. The van der Waals surface area contributed by atoms with Gasteiger partial charge in [0.15, 0.2) is 0 Å². The van der Waals surface area contributed by atoms with Crippen molar-refractivity contribution in [3.05, 3.63) is 0 Å². The highest BCUT2D eigenvalue weighted by Crippen LogP contribution is 2.16. The molecular weight excluding hydrogens is 272 g/mol. The predicted molar refractivity (Wildman–Crippen MR) is 82.2 cm³/mol. The first kappa shape index (κ1) is 19.7. The molecular formula is C15H30N2O4. The molecule has 0 aromatic heterocycles. The molecule has 0 bridgehead atoms. The van der Waals surface area contributed by atoms with Gasteiger partial charge >= 0.3 is 12.1 Å². The van der Waals surface area contributed by atoms with E-state index in [1.54, 1.807) is 6.92 Å². The van der Waals surface area contributed by atoms with Gasteiger partial charge in [0.1, 0.15) is 11.6 Å². The molecule has 1 amide bonds. The van der Waals surface area contributed by atoms with Crippen LogP contribution in [0.25, 0.3) is 0 Å².